The number of rotatable bonds is 4. The van der Waals surface area contributed by atoms with Crippen LogP contribution in [0.5, 0.6) is 5.88 Å². The first-order valence-corrected chi connectivity index (χ1v) is 6.11. The zero-order chi connectivity index (χ0) is 13.3. The molecule has 2 aromatic heterocycles. The van der Waals surface area contributed by atoms with Gasteiger partial charge in [-0.2, -0.15) is 0 Å². The predicted molar refractivity (Wildman–Crippen MR) is 69.3 cm³/mol. The van der Waals surface area contributed by atoms with Crippen molar-refractivity contribution in [2.75, 3.05) is 0 Å². The minimum atomic E-state index is -0.601. The Balaban J connectivity index is 2.58. The number of nitrogens with zero attached hydrogens (tertiary/aromatic N) is 2. The third-order valence-electron chi connectivity index (χ3n) is 2.41. The smallest absolute Gasteiger partial charge is 0.227 e. The molecule has 5 nitrogen and oxygen atoms in total. The second-order valence-electron chi connectivity index (χ2n) is 4.25. The number of alkyl halides is 1. The molecule has 0 aliphatic heterocycles. The highest BCUT2D eigenvalue weighted by molar-refractivity contribution is 6.35. The number of fused-ring (bicyclic) bond motifs is 1. The van der Waals surface area contributed by atoms with Crippen LogP contribution < -0.4 is 4.74 Å². The van der Waals surface area contributed by atoms with E-state index in [0.717, 1.165) is 0 Å². The zero-order valence-electron chi connectivity index (χ0n) is 10.4. The van der Waals surface area contributed by atoms with E-state index >= 15 is 0 Å². The maximum absolute atomic E-state index is 12.0. The Hall–Kier alpha value is -1.62. The second kappa shape index (κ2) is 4.94. The first kappa shape index (κ1) is 12.8. The van der Waals surface area contributed by atoms with Crippen molar-refractivity contribution in [3.8, 4) is 5.88 Å². The van der Waals surface area contributed by atoms with Gasteiger partial charge in [0.2, 0.25) is 5.88 Å². The Morgan fingerprint density at radius 2 is 2.11 bits per heavy atom. The first-order chi connectivity index (χ1) is 8.50. The molecule has 0 fully saturated rings. The van der Waals surface area contributed by atoms with E-state index in [1.54, 1.807) is 13.1 Å². The van der Waals surface area contributed by atoms with E-state index in [9.17, 15) is 4.79 Å². The minimum absolute atomic E-state index is 0.0330. The number of H-pyrrole nitrogens is 1. The maximum atomic E-state index is 12.0. The summed E-state index contributed by atoms with van der Waals surface area (Å²) in [6, 6.07) is 0. The van der Waals surface area contributed by atoms with E-state index in [1.165, 1.54) is 6.33 Å². The molecule has 6 heteroatoms. The van der Waals surface area contributed by atoms with Gasteiger partial charge in [-0.15, -0.1) is 11.6 Å². The van der Waals surface area contributed by atoms with Crippen LogP contribution in [0, 0.1) is 0 Å². The molecule has 0 saturated heterocycles. The van der Waals surface area contributed by atoms with Crippen molar-refractivity contribution in [3.63, 3.8) is 0 Å². The molecule has 0 radical (unpaired) electrons. The lowest BCUT2D eigenvalue weighted by Crippen LogP contribution is -2.12. The molecule has 1 atom stereocenters. The van der Waals surface area contributed by atoms with Gasteiger partial charge in [0.05, 0.1) is 22.4 Å². The molecule has 2 rings (SSSR count). The van der Waals surface area contributed by atoms with E-state index < -0.39 is 5.38 Å². The number of hydrogen-bond acceptors (Lipinski definition) is 4. The minimum Gasteiger partial charge on any atom is -0.474 e. The number of carbonyl (C=O) groups is 1. The van der Waals surface area contributed by atoms with Gasteiger partial charge in [0.25, 0.3) is 0 Å². The van der Waals surface area contributed by atoms with Crippen molar-refractivity contribution in [2.24, 2.45) is 0 Å². The van der Waals surface area contributed by atoms with Crippen LogP contribution in [0.4, 0.5) is 0 Å². The largest absolute Gasteiger partial charge is 0.474 e. The normalized spacial score (nSPS) is 12.9. The fourth-order valence-corrected chi connectivity index (χ4v) is 1.77. The van der Waals surface area contributed by atoms with Gasteiger partial charge in [-0.05, 0) is 20.8 Å². The summed E-state index contributed by atoms with van der Waals surface area (Å²) >= 11 is 5.83. The van der Waals surface area contributed by atoms with E-state index in [4.69, 9.17) is 16.3 Å². The Kier molecular flexibility index (Phi) is 3.52. The number of Topliss-reactive ketones (excluding diaryl/α,β-unsaturated/α-hetero) is 1. The van der Waals surface area contributed by atoms with Crippen LogP contribution in [0.3, 0.4) is 0 Å². The average molecular weight is 268 g/mol. The Morgan fingerprint density at radius 1 is 1.39 bits per heavy atom. The lowest BCUT2D eigenvalue weighted by atomic mass is 10.1. The Morgan fingerprint density at radius 3 is 2.72 bits per heavy atom. The van der Waals surface area contributed by atoms with Crippen molar-refractivity contribution >= 4 is 28.4 Å². The molecule has 0 spiro atoms. The number of ether oxygens (including phenoxy) is 1. The van der Waals surface area contributed by atoms with Gasteiger partial charge in [0.1, 0.15) is 12.0 Å². The lowest BCUT2D eigenvalue weighted by molar-refractivity contribution is 0.0993. The Labute approximate surface area is 110 Å². The fraction of sp³-hybridized carbons (Fsp3) is 0.417. The summed E-state index contributed by atoms with van der Waals surface area (Å²) in [4.78, 5) is 23.1. The number of nitrogens with one attached hydrogen (secondary N) is 1. The van der Waals surface area contributed by atoms with Crippen LogP contribution >= 0.6 is 11.6 Å². The van der Waals surface area contributed by atoms with Crippen molar-refractivity contribution in [3.05, 3.63) is 18.1 Å². The van der Waals surface area contributed by atoms with Gasteiger partial charge in [0, 0.05) is 6.20 Å². The molecule has 2 aromatic rings. The predicted octanol–water partition coefficient (Wildman–Crippen LogP) is 2.56. The third-order valence-corrected chi connectivity index (χ3v) is 2.61. The zero-order valence-corrected chi connectivity index (χ0v) is 11.2. The summed E-state index contributed by atoms with van der Waals surface area (Å²) in [5, 5.41) is -0.0141. The quantitative estimate of drug-likeness (QED) is 0.683. The molecule has 0 aromatic carbocycles. The number of carbonyl (C=O) groups excluding carboxylic acids is 1. The van der Waals surface area contributed by atoms with Crippen LogP contribution in [0.25, 0.3) is 11.0 Å². The molecule has 0 amide bonds. The molecule has 18 heavy (non-hydrogen) atoms. The van der Waals surface area contributed by atoms with E-state index in [2.05, 4.69) is 15.0 Å². The Bertz CT molecular complexity index is 578. The molecular formula is C12H14ClN3O2. The SMILES string of the molecule is CC(C)Oc1ncnc2[nH]cc(C(=O)C(C)Cl)c12. The van der Waals surface area contributed by atoms with Crippen LogP contribution in [0.15, 0.2) is 12.5 Å². The van der Waals surface area contributed by atoms with Crippen molar-refractivity contribution < 1.29 is 9.53 Å². The number of aromatic amines is 1. The monoisotopic (exact) mass is 267 g/mol. The molecule has 1 unspecified atom stereocenters. The summed E-state index contributed by atoms with van der Waals surface area (Å²) in [5.74, 6) is 0.225. The van der Waals surface area contributed by atoms with Crippen molar-refractivity contribution in [1.29, 1.82) is 0 Å². The fourth-order valence-electron chi connectivity index (χ4n) is 1.66. The summed E-state index contributed by atoms with van der Waals surface area (Å²) in [6.45, 7) is 5.42. The number of hydrogen-bond donors (Lipinski definition) is 1. The molecular weight excluding hydrogens is 254 g/mol. The van der Waals surface area contributed by atoms with E-state index in [0.29, 0.717) is 22.5 Å². The summed E-state index contributed by atoms with van der Waals surface area (Å²) < 4.78 is 5.59. The highest BCUT2D eigenvalue weighted by Crippen LogP contribution is 2.27. The topological polar surface area (TPSA) is 67.9 Å². The molecule has 0 saturated carbocycles. The summed E-state index contributed by atoms with van der Waals surface area (Å²) in [6.07, 6.45) is 2.96. The number of ketones is 1. The highest BCUT2D eigenvalue weighted by Gasteiger charge is 2.21. The number of halogens is 1. The van der Waals surface area contributed by atoms with Crippen molar-refractivity contribution in [2.45, 2.75) is 32.3 Å². The maximum Gasteiger partial charge on any atom is 0.227 e. The average Bonchev–Trinajstić information content (AvgIpc) is 2.72. The first-order valence-electron chi connectivity index (χ1n) is 5.67. The summed E-state index contributed by atoms with van der Waals surface area (Å²) in [7, 11) is 0. The van der Waals surface area contributed by atoms with Crippen LogP contribution in [0.1, 0.15) is 31.1 Å². The lowest BCUT2D eigenvalue weighted by Gasteiger charge is -2.10. The molecule has 1 N–H and O–H groups in total. The number of aromatic nitrogens is 3. The van der Waals surface area contributed by atoms with Gasteiger partial charge in [0.15, 0.2) is 5.78 Å². The van der Waals surface area contributed by atoms with Crippen LogP contribution in [-0.4, -0.2) is 32.2 Å². The van der Waals surface area contributed by atoms with Gasteiger partial charge >= 0.3 is 0 Å². The third kappa shape index (κ3) is 2.31. The van der Waals surface area contributed by atoms with Gasteiger partial charge in [-0.25, -0.2) is 9.97 Å². The van der Waals surface area contributed by atoms with Gasteiger partial charge in [-0.1, -0.05) is 0 Å². The second-order valence-corrected chi connectivity index (χ2v) is 4.91. The molecule has 0 aliphatic rings. The highest BCUT2D eigenvalue weighted by atomic mass is 35.5. The van der Waals surface area contributed by atoms with E-state index in [1.807, 2.05) is 13.8 Å². The van der Waals surface area contributed by atoms with E-state index in [-0.39, 0.29) is 11.9 Å². The standard InChI is InChI=1S/C12H14ClN3O2/c1-6(2)18-12-9-8(10(17)7(3)13)4-14-11(9)15-5-16-12/h4-7H,1-3H3,(H,14,15,16). The van der Waals surface area contributed by atoms with Crippen LogP contribution in [-0.2, 0) is 0 Å². The van der Waals surface area contributed by atoms with Crippen molar-refractivity contribution in [1.82, 2.24) is 15.0 Å². The molecule has 0 bridgehead atoms. The molecule has 96 valence electrons. The van der Waals surface area contributed by atoms with Crippen LogP contribution in [0.2, 0.25) is 0 Å². The van der Waals surface area contributed by atoms with Gasteiger partial charge < -0.3 is 9.72 Å². The molecule has 0 aliphatic carbocycles. The molecule has 2 heterocycles. The van der Waals surface area contributed by atoms with Gasteiger partial charge in [-0.3, -0.25) is 4.79 Å². The summed E-state index contributed by atoms with van der Waals surface area (Å²) in [5.41, 5.74) is 1.03.